The smallest absolute Gasteiger partial charge is 0.124 e. The predicted molar refractivity (Wildman–Crippen MR) is 110 cm³/mol. The van der Waals surface area contributed by atoms with Crippen molar-refractivity contribution in [2.75, 3.05) is 7.11 Å². The second-order valence-corrected chi connectivity index (χ2v) is 7.10. The minimum absolute atomic E-state index is 0.845. The fourth-order valence-electron chi connectivity index (χ4n) is 2.68. The van der Waals surface area contributed by atoms with Crippen LogP contribution in [0.5, 0.6) is 5.75 Å². The van der Waals surface area contributed by atoms with Crippen LogP contribution in [-0.4, -0.2) is 18.3 Å². The van der Waals surface area contributed by atoms with Crippen LogP contribution in [0, 0.1) is 6.92 Å². The van der Waals surface area contributed by atoms with Crippen molar-refractivity contribution >= 4 is 33.5 Å². The van der Waals surface area contributed by atoms with Gasteiger partial charge in [-0.05, 0) is 78.7 Å². The first-order valence-electron chi connectivity index (χ1n) is 8.37. The van der Waals surface area contributed by atoms with Crippen LogP contribution >= 0.6 is 11.3 Å². The van der Waals surface area contributed by atoms with Gasteiger partial charge in [-0.15, -0.1) is 11.3 Å². The molecule has 0 N–H and O–H groups in total. The maximum absolute atomic E-state index is 5.17. The van der Waals surface area contributed by atoms with Gasteiger partial charge in [-0.25, -0.2) is 4.98 Å². The molecule has 0 unspecified atom stereocenters. The normalized spacial score (nSPS) is 11.3. The fourth-order valence-corrected chi connectivity index (χ4v) is 3.75. The molecule has 1 aromatic heterocycles. The highest BCUT2D eigenvalue weighted by molar-refractivity contribution is 7.21. The van der Waals surface area contributed by atoms with Crippen molar-refractivity contribution in [2.24, 2.45) is 4.99 Å². The molecule has 1 heterocycles. The zero-order valence-corrected chi connectivity index (χ0v) is 15.5. The van der Waals surface area contributed by atoms with E-state index in [0.29, 0.717) is 0 Å². The number of hydrogen-bond donors (Lipinski definition) is 0. The number of hydrogen-bond acceptors (Lipinski definition) is 4. The maximum Gasteiger partial charge on any atom is 0.124 e. The van der Waals surface area contributed by atoms with Gasteiger partial charge in [-0.3, -0.25) is 4.99 Å². The summed E-state index contributed by atoms with van der Waals surface area (Å²) in [4.78, 5) is 9.27. The van der Waals surface area contributed by atoms with Crippen molar-refractivity contribution in [3.8, 4) is 16.3 Å². The number of aromatic nitrogens is 1. The van der Waals surface area contributed by atoms with Crippen LogP contribution in [0.4, 0.5) is 5.69 Å². The Labute approximate surface area is 156 Å². The van der Waals surface area contributed by atoms with Crippen molar-refractivity contribution in [3.05, 3.63) is 77.9 Å². The molecule has 4 heteroatoms. The Morgan fingerprint density at radius 3 is 2.46 bits per heavy atom. The number of aliphatic imine (C=N–C) groups is 1. The van der Waals surface area contributed by atoms with Gasteiger partial charge in [0.25, 0.3) is 0 Å². The summed E-state index contributed by atoms with van der Waals surface area (Å²) in [7, 11) is 1.66. The molecule has 4 aromatic rings. The number of thiazole rings is 1. The number of aryl methyl sites for hydroxylation is 1. The number of benzene rings is 3. The topological polar surface area (TPSA) is 34.5 Å². The lowest BCUT2D eigenvalue weighted by molar-refractivity contribution is 0.415. The van der Waals surface area contributed by atoms with Crippen molar-refractivity contribution in [1.29, 1.82) is 0 Å². The third-order valence-corrected chi connectivity index (χ3v) is 5.20. The third kappa shape index (κ3) is 3.51. The van der Waals surface area contributed by atoms with Gasteiger partial charge < -0.3 is 4.74 Å². The minimum atomic E-state index is 0.845. The molecule has 0 aliphatic carbocycles. The zero-order valence-electron chi connectivity index (χ0n) is 14.6. The molecule has 3 aromatic carbocycles. The molecule has 0 radical (unpaired) electrons. The van der Waals surface area contributed by atoms with Crippen LogP contribution in [0.15, 0.2) is 71.7 Å². The van der Waals surface area contributed by atoms with E-state index in [4.69, 9.17) is 9.72 Å². The highest BCUT2D eigenvalue weighted by Gasteiger charge is 2.06. The number of nitrogens with zero attached hydrogens (tertiary/aromatic N) is 2. The Kier molecular flexibility index (Phi) is 4.50. The summed E-state index contributed by atoms with van der Waals surface area (Å²) in [5.74, 6) is 0.845. The van der Waals surface area contributed by atoms with Crippen molar-refractivity contribution in [1.82, 2.24) is 4.98 Å². The highest BCUT2D eigenvalue weighted by atomic mass is 32.1. The van der Waals surface area contributed by atoms with E-state index >= 15 is 0 Å². The van der Waals surface area contributed by atoms with E-state index in [9.17, 15) is 0 Å². The summed E-state index contributed by atoms with van der Waals surface area (Å²) < 4.78 is 6.39. The standard InChI is InChI=1S/C22H18N2OS/c1-15-3-12-20-21(13-15)26-22(24-20)17-6-8-18(9-7-17)23-14-16-4-10-19(25-2)11-5-16/h3-14H,1-2H3. The van der Waals surface area contributed by atoms with E-state index in [0.717, 1.165) is 33.1 Å². The van der Waals surface area contributed by atoms with Gasteiger partial charge in [-0.2, -0.15) is 0 Å². The van der Waals surface area contributed by atoms with Crippen molar-refractivity contribution in [2.45, 2.75) is 6.92 Å². The monoisotopic (exact) mass is 358 g/mol. The summed E-state index contributed by atoms with van der Waals surface area (Å²) in [6.45, 7) is 2.11. The lowest BCUT2D eigenvalue weighted by Crippen LogP contribution is -1.84. The Morgan fingerprint density at radius 1 is 0.962 bits per heavy atom. The number of methoxy groups -OCH3 is 1. The van der Waals surface area contributed by atoms with E-state index in [1.54, 1.807) is 18.4 Å². The molecule has 0 atom stereocenters. The molecule has 0 saturated carbocycles. The maximum atomic E-state index is 5.17. The summed E-state index contributed by atoms with van der Waals surface area (Å²) in [6, 6.07) is 22.4. The fraction of sp³-hybridized carbons (Fsp3) is 0.0909. The average Bonchev–Trinajstić information content (AvgIpc) is 3.10. The summed E-state index contributed by atoms with van der Waals surface area (Å²) >= 11 is 1.72. The largest absolute Gasteiger partial charge is 0.497 e. The van der Waals surface area contributed by atoms with E-state index in [-0.39, 0.29) is 0 Å². The number of fused-ring (bicyclic) bond motifs is 1. The van der Waals surface area contributed by atoms with Crippen LogP contribution in [0.2, 0.25) is 0 Å². The first kappa shape index (κ1) is 16.5. The SMILES string of the molecule is COc1ccc(C=Nc2ccc(-c3nc4ccc(C)cc4s3)cc2)cc1. The molecule has 0 saturated heterocycles. The first-order valence-corrected chi connectivity index (χ1v) is 9.19. The molecule has 0 aliphatic rings. The van der Waals surface area contributed by atoms with E-state index in [2.05, 4.69) is 42.2 Å². The van der Waals surface area contributed by atoms with Crippen LogP contribution < -0.4 is 4.74 Å². The summed E-state index contributed by atoms with van der Waals surface area (Å²) in [5, 5.41) is 1.04. The molecule has 3 nitrogen and oxygen atoms in total. The molecule has 0 amide bonds. The predicted octanol–water partition coefficient (Wildman–Crippen LogP) is 6.03. The molecule has 0 aliphatic heterocycles. The molecule has 0 bridgehead atoms. The zero-order chi connectivity index (χ0) is 17.9. The molecule has 0 fully saturated rings. The third-order valence-electron chi connectivity index (χ3n) is 4.14. The van der Waals surface area contributed by atoms with Crippen LogP contribution in [0.3, 0.4) is 0 Å². The van der Waals surface area contributed by atoms with Gasteiger partial charge >= 0.3 is 0 Å². The number of rotatable bonds is 4. The minimum Gasteiger partial charge on any atom is -0.497 e. The quantitative estimate of drug-likeness (QED) is 0.417. The molecule has 4 rings (SSSR count). The van der Waals surface area contributed by atoms with Gasteiger partial charge in [0.1, 0.15) is 10.8 Å². The van der Waals surface area contributed by atoms with Crippen LogP contribution in [0.25, 0.3) is 20.8 Å². The Bertz CT molecular complexity index is 1060. The van der Waals surface area contributed by atoms with E-state index in [1.165, 1.54) is 10.3 Å². The lowest BCUT2D eigenvalue weighted by Gasteiger charge is -1.99. The highest BCUT2D eigenvalue weighted by Crippen LogP contribution is 2.31. The lowest BCUT2D eigenvalue weighted by atomic mass is 10.2. The van der Waals surface area contributed by atoms with Crippen molar-refractivity contribution in [3.63, 3.8) is 0 Å². The van der Waals surface area contributed by atoms with Gasteiger partial charge in [-0.1, -0.05) is 6.07 Å². The van der Waals surface area contributed by atoms with Crippen LogP contribution in [0.1, 0.15) is 11.1 Å². The molecule has 128 valence electrons. The molecule has 26 heavy (non-hydrogen) atoms. The Morgan fingerprint density at radius 2 is 1.73 bits per heavy atom. The molecular formula is C22H18N2OS. The Hall–Kier alpha value is -2.98. The van der Waals surface area contributed by atoms with Gasteiger partial charge in [0.15, 0.2) is 0 Å². The van der Waals surface area contributed by atoms with Gasteiger partial charge in [0.2, 0.25) is 0 Å². The van der Waals surface area contributed by atoms with E-state index in [1.807, 2.05) is 42.6 Å². The summed E-state index contributed by atoms with van der Waals surface area (Å²) in [5.41, 5.74) is 5.39. The van der Waals surface area contributed by atoms with Gasteiger partial charge in [0.05, 0.1) is 23.0 Å². The second-order valence-electron chi connectivity index (χ2n) is 6.07. The van der Waals surface area contributed by atoms with Crippen molar-refractivity contribution < 1.29 is 4.74 Å². The molecule has 0 spiro atoms. The second kappa shape index (κ2) is 7.10. The van der Waals surface area contributed by atoms with E-state index < -0.39 is 0 Å². The number of ether oxygens (including phenoxy) is 1. The Balaban J connectivity index is 1.54. The summed E-state index contributed by atoms with van der Waals surface area (Å²) in [6.07, 6.45) is 1.86. The average molecular weight is 358 g/mol. The van der Waals surface area contributed by atoms with Crippen LogP contribution in [-0.2, 0) is 0 Å². The first-order chi connectivity index (χ1) is 12.7. The van der Waals surface area contributed by atoms with Gasteiger partial charge in [0, 0.05) is 11.8 Å². The molecular weight excluding hydrogens is 340 g/mol.